The van der Waals surface area contributed by atoms with Gasteiger partial charge in [0.1, 0.15) is 16.7 Å². The summed E-state index contributed by atoms with van der Waals surface area (Å²) in [6.07, 6.45) is -2.67. The molecule has 1 unspecified atom stereocenters. The number of aliphatic carboxylic acids is 1. The number of rotatable bonds is 9. The van der Waals surface area contributed by atoms with Crippen LogP contribution in [0, 0.1) is 21.8 Å². The van der Waals surface area contributed by atoms with Gasteiger partial charge in [-0.25, -0.2) is 8.78 Å². The highest BCUT2D eigenvalue weighted by molar-refractivity contribution is 7.90. The molecule has 0 radical (unpaired) electrons. The van der Waals surface area contributed by atoms with E-state index in [1.807, 2.05) is 0 Å². The normalized spacial score (nSPS) is 15.3. The van der Waals surface area contributed by atoms with Crippen molar-refractivity contribution in [2.75, 3.05) is 6.54 Å². The first kappa shape index (κ1) is 22.3. The molecule has 0 aliphatic carbocycles. The summed E-state index contributed by atoms with van der Waals surface area (Å²) in [5.74, 6) is -3.39. The highest BCUT2D eigenvalue weighted by atomic mass is 32.2. The molecule has 7 nitrogen and oxygen atoms in total. The lowest BCUT2D eigenvalue weighted by Gasteiger charge is -2.25. The first-order chi connectivity index (χ1) is 11.9. The third-order valence-electron chi connectivity index (χ3n) is 3.64. The summed E-state index contributed by atoms with van der Waals surface area (Å²) < 4.78 is 42.8. The van der Waals surface area contributed by atoms with Gasteiger partial charge in [-0.3, -0.25) is 14.9 Å². The first-order valence-electron chi connectivity index (χ1n) is 7.88. The number of nitrogens with zero attached hydrogens (tertiary/aromatic N) is 1. The number of nitro benzene ring substituents is 1. The Bertz CT molecular complexity index is 654. The second kappa shape index (κ2) is 9.24. The van der Waals surface area contributed by atoms with Crippen LogP contribution in [0.15, 0.2) is 18.2 Å². The van der Waals surface area contributed by atoms with Crippen molar-refractivity contribution < 1.29 is 28.2 Å². The Balaban J connectivity index is 2.93. The second-order valence-corrected chi connectivity index (χ2v) is 8.84. The molecule has 0 aliphatic heterocycles. The lowest BCUT2D eigenvalue weighted by molar-refractivity contribution is -0.385. The molecule has 2 N–H and O–H groups in total. The van der Waals surface area contributed by atoms with Crippen LogP contribution >= 0.6 is 0 Å². The minimum absolute atomic E-state index is 0.0303. The lowest BCUT2D eigenvalue weighted by Crippen LogP contribution is -2.40. The topological polar surface area (TPSA) is 116 Å². The summed E-state index contributed by atoms with van der Waals surface area (Å²) in [4.78, 5) is 21.0. The fourth-order valence-corrected chi connectivity index (χ4v) is 2.98. The van der Waals surface area contributed by atoms with Gasteiger partial charge < -0.3 is 9.66 Å². The van der Waals surface area contributed by atoms with E-state index in [-0.39, 0.29) is 13.0 Å². The van der Waals surface area contributed by atoms with E-state index in [9.17, 15) is 28.2 Å². The molecule has 0 aliphatic rings. The summed E-state index contributed by atoms with van der Waals surface area (Å²) in [5, 5.41) is 19.8. The zero-order valence-corrected chi connectivity index (χ0v) is 15.5. The molecule has 3 atom stereocenters. The van der Waals surface area contributed by atoms with Gasteiger partial charge in [-0.05, 0) is 33.3 Å². The molecule has 0 fully saturated rings. The number of alkyl halides is 1. The number of carboxylic acids is 1. The number of carbonyl (C=O) groups is 1. The van der Waals surface area contributed by atoms with E-state index < -0.39 is 62.6 Å². The molecule has 1 aromatic carbocycles. The van der Waals surface area contributed by atoms with Crippen molar-refractivity contribution in [3.8, 4) is 0 Å². The minimum atomic E-state index is -2.05. The van der Waals surface area contributed by atoms with E-state index in [0.29, 0.717) is 0 Å². The largest absolute Gasteiger partial charge is 0.598 e. The maximum absolute atomic E-state index is 14.8. The van der Waals surface area contributed by atoms with Crippen molar-refractivity contribution >= 4 is 23.0 Å². The Hall–Kier alpha value is -1.78. The van der Waals surface area contributed by atoms with Gasteiger partial charge in [-0.1, -0.05) is 0 Å². The zero-order valence-electron chi connectivity index (χ0n) is 14.7. The Labute approximate surface area is 153 Å². The van der Waals surface area contributed by atoms with Gasteiger partial charge in [0.15, 0.2) is 0 Å². The van der Waals surface area contributed by atoms with Crippen LogP contribution < -0.4 is 4.72 Å². The highest BCUT2D eigenvalue weighted by Crippen LogP contribution is 2.34. The van der Waals surface area contributed by atoms with E-state index in [2.05, 4.69) is 4.72 Å². The van der Waals surface area contributed by atoms with Crippen molar-refractivity contribution in [3.63, 3.8) is 0 Å². The first-order valence-corrected chi connectivity index (χ1v) is 9.03. The fourth-order valence-electron chi connectivity index (χ4n) is 2.24. The Kier molecular flexibility index (Phi) is 7.91. The second-order valence-electron chi connectivity index (χ2n) is 6.79. The summed E-state index contributed by atoms with van der Waals surface area (Å²) in [7, 11) is 0. The Morgan fingerprint density at radius 1 is 1.42 bits per heavy atom. The SMILES string of the molecule is CC(C)(C)[S+]([O-])NCC[C@H](CC(=O)O)[C@@H](F)c1cc([N+](=O)[O-])ccc1F. The van der Waals surface area contributed by atoms with E-state index in [4.69, 9.17) is 5.11 Å². The molecule has 1 aromatic rings. The molecule has 0 bridgehead atoms. The average Bonchev–Trinajstić information content (AvgIpc) is 2.52. The van der Waals surface area contributed by atoms with Gasteiger partial charge in [-0.15, -0.1) is 4.72 Å². The van der Waals surface area contributed by atoms with Crippen LogP contribution in [-0.4, -0.2) is 31.8 Å². The van der Waals surface area contributed by atoms with Gasteiger partial charge in [0.05, 0.1) is 11.3 Å². The number of benzene rings is 1. The fraction of sp³-hybridized carbons (Fsp3) is 0.562. The summed E-state index contributed by atoms with van der Waals surface area (Å²) in [5.41, 5.74) is -1.03. The standard InChI is InChI=1S/C16H22F2N2O5S/c1-16(2,3)26(25)19-7-6-10(8-14(21)22)15(18)12-9-11(20(23)24)4-5-13(12)17/h4-5,9-10,15,19H,6-8H2,1-3H3,(H,21,22)/t10-,15-,26?/m1/s1. The minimum Gasteiger partial charge on any atom is -0.598 e. The quantitative estimate of drug-likeness (QED) is 0.378. The van der Waals surface area contributed by atoms with Gasteiger partial charge in [0.25, 0.3) is 5.69 Å². The lowest BCUT2D eigenvalue weighted by atomic mass is 9.90. The van der Waals surface area contributed by atoms with Crippen molar-refractivity contribution in [2.45, 2.75) is 44.5 Å². The average molecular weight is 392 g/mol. The van der Waals surface area contributed by atoms with Crippen molar-refractivity contribution in [2.24, 2.45) is 5.92 Å². The van der Waals surface area contributed by atoms with Gasteiger partial charge in [0.2, 0.25) is 0 Å². The maximum atomic E-state index is 14.8. The molecule has 10 heteroatoms. The van der Waals surface area contributed by atoms with Gasteiger partial charge in [-0.2, -0.15) is 0 Å². The Morgan fingerprint density at radius 2 is 2.04 bits per heavy atom. The third-order valence-corrected chi connectivity index (χ3v) is 5.22. The molecular formula is C16H22F2N2O5S. The molecule has 0 spiro atoms. The van der Waals surface area contributed by atoms with Crippen LogP contribution in [0.4, 0.5) is 14.5 Å². The molecule has 1 rings (SSSR count). The zero-order chi connectivity index (χ0) is 20.1. The molecule has 0 aromatic heterocycles. The van der Waals surface area contributed by atoms with E-state index in [1.165, 1.54) is 0 Å². The predicted molar refractivity (Wildman–Crippen MR) is 93.2 cm³/mol. The number of halogens is 2. The van der Waals surface area contributed by atoms with Crippen LogP contribution in [0.25, 0.3) is 0 Å². The number of nitro groups is 1. The van der Waals surface area contributed by atoms with Crippen LogP contribution in [0.3, 0.4) is 0 Å². The van der Waals surface area contributed by atoms with Crippen LogP contribution in [0.2, 0.25) is 0 Å². The van der Waals surface area contributed by atoms with Crippen LogP contribution in [0.5, 0.6) is 0 Å². The molecule has 0 amide bonds. The highest BCUT2D eigenvalue weighted by Gasteiger charge is 2.31. The number of carboxylic acid groups (broad SMARTS) is 1. The molecule has 0 saturated heterocycles. The number of hydrogen-bond donors (Lipinski definition) is 2. The molecule has 26 heavy (non-hydrogen) atoms. The summed E-state index contributed by atoms with van der Waals surface area (Å²) in [6.45, 7) is 5.27. The predicted octanol–water partition coefficient (Wildman–Crippen LogP) is 3.28. The van der Waals surface area contributed by atoms with Crippen molar-refractivity contribution in [3.05, 3.63) is 39.7 Å². The number of hydrogen-bond acceptors (Lipinski definition) is 5. The van der Waals surface area contributed by atoms with Crippen LogP contribution in [-0.2, 0) is 16.2 Å². The van der Waals surface area contributed by atoms with E-state index >= 15 is 0 Å². The Morgan fingerprint density at radius 3 is 2.54 bits per heavy atom. The molecule has 0 saturated carbocycles. The van der Waals surface area contributed by atoms with E-state index in [0.717, 1.165) is 18.2 Å². The molecular weight excluding hydrogens is 370 g/mol. The maximum Gasteiger partial charge on any atom is 0.303 e. The number of nitrogens with one attached hydrogen (secondary N) is 1. The van der Waals surface area contributed by atoms with E-state index in [1.54, 1.807) is 20.8 Å². The number of non-ortho nitro benzene ring substituents is 1. The summed E-state index contributed by atoms with van der Waals surface area (Å²) in [6, 6.07) is 2.46. The smallest absolute Gasteiger partial charge is 0.303 e. The van der Waals surface area contributed by atoms with Crippen molar-refractivity contribution in [1.82, 2.24) is 4.72 Å². The molecule has 0 heterocycles. The third kappa shape index (κ3) is 6.50. The van der Waals surface area contributed by atoms with Crippen LogP contribution in [0.1, 0.15) is 45.3 Å². The monoisotopic (exact) mass is 392 g/mol. The van der Waals surface area contributed by atoms with Crippen molar-refractivity contribution in [1.29, 1.82) is 0 Å². The van der Waals surface area contributed by atoms with Gasteiger partial charge >= 0.3 is 5.97 Å². The molecule has 146 valence electrons. The summed E-state index contributed by atoms with van der Waals surface area (Å²) >= 11 is -1.42. The van der Waals surface area contributed by atoms with Gasteiger partial charge in [0, 0.05) is 41.5 Å².